The van der Waals surface area contributed by atoms with E-state index in [1.807, 2.05) is 0 Å². The Kier molecular flexibility index (Phi) is 4.99. The maximum absolute atomic E-state index is 13.7. The Morgan fingerprint density at radius 3 is 2.65 bits per heavy atom. The van der Waals surface area contributed by atoms with Gasteiger partial charge < -0.3 is 14.8 Å². The first kappa shape index (κ1) is 18.0. The Hall–Kier alpha value is -2.81. The minimum atomic E-state index is -3.75. The number of hydrogen-bond acceptors (Lipinski definition) is 5. The quantitative estimate of drug-likeness (QED) is 0.832. The van der Waals surface area contributed by atoms with Gasteiger partial charge in [0.25, 0.3) is 0 Å². The van der Waals surface area contributed by atoms with Gasteiger partial charge in [0.05, 0.1) is 17.1 Å². The smallest absolute Gasteiger partial charge is 0.245 e. The topological polar surface area (TPSA) is 84.9 Å². The minimum absolute atomic E-state index is 0.0166. The van der Waals surface area contributed by atoms with Crippen LogP contribution in [-0.4, -0.2) is 33.4 Å². The van der Waals surface area contributed by atoms with Gasteiger partial charge in [0.1, 0.15) is 12.4 Å². The van der Waals surface area contributed by atoms with Crippen molar-refractivity contribution in [3.8, 4) is 11.5 Å². The normalized spacial score (nSPS) is 12.7. The highest BCUT2D eigenvalue weighted by molar-refractivity contribution is 7.92. The maximum atomic E-state index is 13.7. The fourth-order valence-electron chi connectivity index (χ4n) is 2.43. The predicted octanol–water partition coefficient (Wildman–Crippen LogP) is 2.35. The fourth-order valence-corrected chi connectivity index (χ4v) is 3.49. The van der Waals surface area contributed by atoms with Crippen LogP contribution in [0.2, 0.25) is 0 Å². The molecule has 1 aliphatic rings. The van der Waals surface area contributed by atoms with Crippen LogP contribution in [0.4, 0.5) is 15.8 Å². The second-order valence-electron chi connectivity index (χ2n) is 5.47. The average Bonchev–Trinajstić information content (AvgIpc) is 3.09. The standard InChI is InChI=1S/C17H17FN2O5S/c1-2-26(22,23)20(12-7-8-15-16(9-12)25-11-24-15)10-17(21)19-14-6-4-3-5-13(14)18/h3-9H,2,10-11H2,1H3,(H,19,21). The third kappa shape index (κ3) is 3.72. The molecule has 138 valence electrons. The second kappa shape index (κ2) is 7.20. The molecule has 0 saturated carbocycles. The van der Waals surface area contributed by atoms with E-state index in [0.29, 0.717) is 11.5 Å². The predicted molar refractivity (Wildman–Crippen MR) is 94.4 cm³/mol. The van der Waals surface area contributed by atoms with E-state index in [9.17, 15) is 17.6 Å². The molecule has 9 heteroatoms. The molecule has 7 nitrogen and oxygen atoms in total. The molecule has 1 aliphatic heterocycles. The zero-order valence-electron chi connectivity index (χ0n) is 13.9. The van der Waals surface area contributed by atoms with E-state index in [-0.39, 0.29) is 23.9 Å². The number of anilines is 2. The van der Waals surface area contributed by atoms with Crippen molar-refractivity contribution in [2.24, 2.45) is 0 Å². The highest BCUT2D eigenvalue weighted by Crippen LogP contribution is 2.36. The molecule has 0 atom stereocenters. The van der Waals surface area contributed by atoms with E-state index in [2.05, 4.69) is 5.32 Å². The molecule has 1 heterocycles. The number of carbonyl (C=O) groups excluding carboxylic acids is 1. The number of amides is 1. The third-order valence-electron chi connectivity index (χ3n) is 3.78. The van der Waals surface area contributed by atoms with E-state index < -0.39 is 28.3 Å². The van der Waals surface area contributed by atoms with Gasteiger partial charge in [0.15, 0.2) is 11.5 Å². The van der Waals surface area contributed by atoms with Crippen molar-refractivity contribution < 1.29 is 27.1 Å². The number of nitrogens with zero attached hydrogens (tertiary/aromatic N) is 1. The molecule has 26 heavy (non-hydrogen) atoms. The van der Waals surface area contributed by atoms with Gasteiger partial charge >= 0.3 is 0 Å². The number of ether oxygens (including phenoxy) is 2. The lowest BCUT2D eigenvalue weighted by Crippen LogP contribution is -2.39. The maximum Gasteiger partial charge on any atom is 0.245 e. The number of para-hydroxylation sites is 1. The van der Waals surface area contributed by atoms with Crippen molar-refractivity contribution in [3.63, 3.8) is 0 Å². The van der Waals surface area contributed by atoms with Gasteiger partial charge in [-0.05, 0) is 31.2 Å². The molecule has 3 rings (SSSR count). The average molecular weight is 380 g/mol. The molecule has 0 aromatic heterocycles. The lowest BCUT2D eigenvalue weighted by molar-refractivity contribution is -0.114. The van der Waals surface area contributed by atoms with E-state index >= 15 is 0 Å². The summed E-state index contributed by atoms with van der Waals surface area (Å²) in [7, 11) is -3.75. The molecule has 2 aromatic carbocycles. The molecule has 1 amide bonds. The van der Waals surface area contributed by atoms with Crippen LogP contribution in [0, 0.1) is 5.82 Å². The largest absolute Gasteiger partial charge is 0.454 e. The third-order valence-corrected chi connectivity index (χ3v) is 5.52. The Morgan fingerprint density at radius 2 is 1.92 bits per heavy atom. The monoisotopic (exact) mass is 380 g/mol. The summed E-state index contributed by atoms with van der Waals surface area (Å²) >= 11 is 0. The minimum Gasteiger partial charge on any atom is -0.454 e. The summed E-state index contributed by atoms with van der Waals surface area (Å²) in [5.74, 6) is -0.570. The first-order chi connectivity index (χ1) is 12.4. The zero-order chi connectivity index (χ0) is 18.7. The van der Waals surface area contributed by atoms with E-state index in [0.717, 1.165) is 4.31 Å². The molecule has 2 aromatic rings. The van der Waals surface area contributed by atoms with E-state index in [1.54, 1.807) is 12.1 Å². The molecule has 0 spiro atoms. The van der Waals surface area contributed by atoms with Crippen LogP contribution in [0.15, 0.2) is 42.5 Å². The fraction of sp³-hybridized carbons (Fsp3) is 0.235. The van der Waals surface area contributed by atoms with Crippen molar-refractivity contribution in [2.45, 2.75) is 6.92 Å². The van der Waals surface area contributed by atoms with Gasteiger partial charge in [-0.2, -0.15) is 0 Å². The van der Waals surface area contributed by atoms with Gasteiger partial charge in [-0.1, -0.05) is 12.1 Å². The van der Waals surface area contributed by atoms with Crippen LogP contribution in [0.25, 0.3) is 0 Å². The van der Waals surface area contributed by atoms with Crippen molar-refractivity contribution >= 4 is 27.3 Å². The summed E-state index contributed by atoms with van der Waals surface area (Å²) in [5, 5.41) is 2.38. The van der Waals surface area contributed by atoms with Crippen LogP contribution in [0.5, 0.6) is 11.5 Å². The van der Waals surface area contributed by atoms with Gasteiger partial charge in [-0.15, -0.1) is 0 Å². The SMILES string of the molecule is CCS(=O)(=O)N(CC(=O)Nc1ccccc1F)c1ccc2c(c1)OCO2. The van der Waals surface area contributed by atoms with Gasteiger partial charge in [-0.3, -0.25) is 9.10 Å². The summed E-state index contributed by atoms with van der Waals surface area (Å²) in [4.78, 5) is 12.3. The first-order valence-corrected chi connectivity index (χ1v) is 9.46. The number of halogens is 1. The Balaban J connectivity index is 1.85. The number of sulfonamides is 1. The number of benzene rings is 2. The molecule has 0 unspecified atom stereocenters. The number of hydrogen-bond donors (Lipinski definition) is 1. The molecular formula is C17H17FN2O5S. The molecule has 0 saturated heterocycles. The van der Waals surface area contributed by atoms with Gasteiger partial charge in [-0.25, -0.2) is 12.8 Å². The number of fused-ring (bicyclic) bond motifs is 1. The van der Waals surface area contributed by atoms with Crippen LogP contribution < -0.4 is 19.1 Å². The summed E-state index contributed by atoms with van der Waals surface area (Å²) in [6, 6.07) is 10.2. The van der Waals surface area contributed by atoms with Crippen molar-refractivity contribution in [1.82, 2.24) is 0 Å². The summed E-state index contributed by atoms with van der Waals surface area (Å²) in [5.41, 5.74) is 0.247. The molecule has 1 N–H and O–H groups in total. The zero-order valence-corrected chi connectivity index (χ0v) is 14.8. The number of rotatable bonds is 6. The van der Waals surface area contributed by atoms with Crippen LogP contribution in [-0.2, 0) is 14.8 Å². The van der Waals surface area contributed by atoms with Crippen LogP contribution in [0.1, 0.15) is 6.92 Å². The Labute approximate surface area is 150 Å². The van der Waals surface area contributed by atoms with Gasteiger partial charge in [0, 0.05) is 6.07 Å². The Morgan fingerprint density at radius 1 is 1.19 bits per heavy atom. The molecule has 0 fully saturated rings. The highest BCUT2D eigenvalue weighted by atomic mass is 32.2. The van der Waals surface area contributed by atoms with Gasteiger partial charge in [0.2, 0.25) is 22.7 Å². The molecular weight excluding hydrogens is 363 g/mol. The van der Waals surface area contributed by atoms with Crippen LogP contribution >= 0.6 is 0 Å². The number of nitrogens with one attached hydrogen (secondary N) is 1. The van der Waals surface area contributed by atoms with Crippen molar-refractivity contribution in [3.05, 3.63) is 48.3 Å². The van der Waals surface area contributed by atoms with Crippen molar-refractivity contribution in [2.75, 3.05) is 28.7 Å². The lowest BCUT2D eigenvalue weighted by Gasteiger charge is -2.23. The molecule has 0 aliphatic carbocycles. The van der Waals surface area contributed by atoms with Crippen LogP contribution in [0.3, 0.4) is 0 Å². The Bertz CT molecular complexity index is 933. The summed E-state index contributed by atoms with van der Waals surface area (Å²) in [6.07, 6.45) is 0. The first-order valence-electron chi connectivity index (χ1n) is 7.85. The van der Waals surface area contributed by atoms with E-state index in [1.165, 1.54) is 37.3 Å². The summed E-state index contributed by atoms with van der Waals surface area (Å²) < 4.78 is 50.0. The lowest BCUT2D eigenvalue weighted by atomic mass is 10.2. The molecule has 0 radical (unpaired) electrons. The second-order valence-corrected chi connectivity index (χ2v) is 7.65. The number of carbonyl (C=O) groups is 1. The summed E-state index contributed by atoms with van der Waals surface area (Å²) in [6.45, 7) is 1.03. The molecule has 0 bridgehead atoms. The van der Waals surface area contributed by atoms with Crippen molar-refractivity contribution in [1.29, 1.82) is 0 Å². The van der Waals surface area contributed by atoms with E-state index in [4.69, 9.17) is 9.47 Å². The highest BCUT2D eigenvalue weighted by Gasteiger charge is 2.26.